The molecule has 148 valence electrons. The topological polar surface area (TPSA) is 107 Å². The van der Waals surface area contributed by atoms with E-state index in [1.165, 1.54) is 31.2 Å². The number of carbonyl (C=O) groups is 1. The van der Waals surface area contributed by atoms with Crippen LogP contribution in [0.15, 0.2) is 47.3 Å². The number of hydrogen-bond donors (Lipinski definition) is 1. The molecule has 1 N–H and O–H groups in total. The molecule has 8 nitrogen and oxygen atoms in total. The molecule has 0 atom stereocenters. The fraction of sp³-hybridized carbons (Fsp3) is 0.0556. The zero-order valence-electron chi connectivity index (χ0n) is 14.6. The molecular formula is C18H11F3N4O4. The van der Waals surface area contributed by atoms with Crippen LogP contribution in [0.1, 0.15) is 16.2 Å². The monoisotopic (exact) mass is 404 g/mol. The van der Waals surface area contributed by atoms with E-state index in [-0.39, 0.29) is 17.1 Å². The number of anilines is 1. The summed E-state index contributed by atoms with van der Waals surface area (Å²) in [6, 6.07) is 7.89. The van der Waals surface area contributed by atoms with Crippen LogP contribution >= 0.6 is 0 Å². The predicted molar refractivity (Wildman–Crippen MR) is 95.5 cm³/mol. The molecule has 0 aliphatic carbocycles. The molecule has 3 rings (SSSR count). The Morgan fingerprint density at radius 1 is 1.14 bits per heavy atom. The minimum atomic E-state index is -1.79. The molecule has 1 amide bonds. The summed E-state index contributed by atoms with van der Waals surface area (Å²) >= 11 is 0. The molecule has 0 aliphatic rings. The molecule has 11 heteroatoms. The summed E-state index contributed by atoms with van der Waals surface area (Å²) in [7, 11) is 0. The van der Waals surface area contributed by atoms with E-state index in [0.717, 1.165) is 16.8 Å². The zero-order chi connectivity index (χ0) is 21.3. The van der Waals surface area contributed by atoms with Gasteiger partial charge in [-0.1, -0.05) is 12.1 Å². The summed E-state index contributed by atoms with van der Waals surface area (Å²) < 4.78 is 41.1. The maximum atomic E-state index is 13.8. The second-order valence-corrected chi connectivity index (χ2v) is 5.83. The van der Waals surface area contributed by atoms with Gasteiger partial charge in [0.1, 0.15) is 5.69 Å². The number of hydrogen-bond acceptors (Lipinski definition) is 5. The molecule has 1 heterocycles. The van der Waals surface area contributed by atoms with Gasteiger partial charge in [0, 0.05) is 17.8 Å². The van der Waals surface area contributed by atoms with Crippen LogP contribution in [0.2, 0.25) is 0 Å². The van der Waals surface area contributed by atoms with Gasteiger partial charge in [0.25, 0.3) is 11.6 Å². The van der Waals surface area contributed by atoms with Gasteiger partial charge in [0.2, 0.25) is 5.43 Å². The number of aryl methyl sites for hydroxylation is 1. The molecule has 29 heavy (non-hydrogen) atoms. The Bertz CT molecular complexity index is 1210. The van der Waals surface area contributed by atoms with Crippen LogP contribution in [-0.4, -0.2) is 20.6 Å². The number of nitro groups is 1. The van der Waals surface area contributed by atoms with Gasteiger partial charge in [-0.05, 0) is 25.1 Å². The number of aromatic nitrogens is 2. The summed E-state index contributed by atoms with van der Waals surface area (Å²) in [5.74, 6) is -6.10. The number of rotatable bonds is 4. The van der Waals surface area contributed by atoms with Gasteiger partial charge in [-0.3, -0.25) is 19.7 Å². The normalized spacial score (nSPS) is 10.6. The molecule has 2 aromatic carbocycles. The van der Waals surface area contributed by atoms with Gasteiger partial charge in [0.05, 0.1) is 10.6 Å². The Hall–Kier alpha value is -4.02. The lowest BCUT2D eigenvalue weighted by Crippen LogP contribution is -2.27. The second-order valence-electron chi connectivity index (χ2n) is 5.83. The number of nitro benzene ring substituents is 1. The quantitative estimate of drug-likeness (QED) is 0.408. The number of carbonyl (C=O) groups excluding carboxylic acids is 1. The number of amides is 1. The van der Waals surface area contributed by atoms with Crippen molar-refractivity contribution in [1.82, 2.24) is 9.78 Å². The fourth-order valence-electron chi connectivity index (χ4n) is 2.55. The van der Waals surface area contributed by atoms with Crippen molar-refractivity contribution in [2.24, 2.45) is 0 Å². The van der Waals surface area contributed by atoms with Crippen molar-refractivity contribution in [1.29, 1.82) is 0 Å². The number of halogens is 3. The first-order valence-electron chi connectivity index (χ1n) is 8.00. The van der Waals surface area contributed by atoms with E-state index in [0.29, 0.717) is 6.07 Å². The number of nitrogens with one attached hydrogen (secondary N) is 1. The Morgan fingerprint density at radius 2 is 1.83 bits per heavy atom. The lowest BCUT2D eigenvalue weighted by molar-refractivity contribution is -0.384. The van der Waals surface area contributed by atoms with Gasteiger partial charge in [0.15, 0.2) is 23.1 Å². The van der Waals surface area contributed by atoms with E-state index in [4.69, 9.17) is 0 Å². The van der Waals surface area contributed by atoms with Gasteiger partial charge >= 0.3 is 0 Å². The first-order chi connectivity index (χ1) is 13.7. The van der Waals surface area contributed by atoms with Crippen LogP contribution in [-0.2, 0) is 0 Å². The highest BCUT2D eigenvalue weighted by atomic mass is 19.2. The molecule has 0 saturated heterocycles. The minimum Gasteiger partial charge on any atom is -0.318 e. The zero-order valence-corrected chi connectivity index (χ0v) is 14.6. The highest BCUT2D eigenvalue weighted by molar-refractivity contribution is 6.02. The Balaban J connectivity index is 2.07. The van der Waals surface area contributed by atoms with Crippen molar-refractivity contribution in [3.05, 3.63) is 91.6 Å². The smallest absolute Gasteiger partial charge is 0.294 e. The molecule has 0 radical (unpaired) electrons. The second kappa shape index (κ2) is 7.54. The molecule has 0 fully saturated rings. The van der Waals surface area contributed by atoms with Crippen LogP contribution in [0.25, 0.3) is 5.69 Å². The van der Waals surface area contributed by atoms with E-state index in [2.05, 4.69) is 5.10 Å². The third kappa shape index (κ3) is 3.70. The summed E-state index contributed by atoms with van der Waals surface area (Å²) in [4.78, 5) is 35.2. The third-order valence-corrected chi connectivity index (χ3v) is 3.91. The average Bonchev–Trinajstić information content (AvgIpc) is 2.68. The van der Waals surface area contributed by atoms with Crippen molar-refractivity contribution in [2.75, 3.05) is 5.32 Å². The van der Waals surface area contributed by atoms with Gasteiger partial charge in [-0.25, -0.2) is 17.9 Å². The minimum absolute atomic E-state index is 0.0111. The summed E-state index contributed by atoms with van der Waals surface area (Å²) in [5, 5.41) is 17.0. The maximum absolute atomic E-state index is 13.8. The van der Waals surface area contributed by atoms with Gasteiger partial charge < -0.3 is 5.32 Å². The lowest BCUT2D eigenvalue weighted by Gasteiger charge is -2.12. The molecule has 0 saturated carbocycles. The first kappa shape index (κ1) is 19.7. The molecule has 0 spiro atoms. The van der Waals surface area contributed by atoms with Crippen molar-refractivity contribution < 1.29 is 22.9 Å². The number of nitrogens with zero attached hydrogens (tertiary/aromatic N) is 3. The van der Waals surface area contributed by atoms with Crippen LogP contribution < -0.4 is 10.7 Å². The lowest BCUT2D eigenvalue weighted by atomic mass is 10.2. The van der Waals surface area contributed by atoms with Crippen LogP contribution in [0.5, 0.6) is 0 Å². The molecule has 0 aliphatic heterocycles. The van der Waals surface area contributed by atoms with E-state index in [1.54, 1.807) is 0 Å². The maximum Gasteiger partial charge on any atom is 0.294 e. The average molecular weight is 404 g/mol. The first-order valence-corrected chi connectivity index (χ1v) is 8.00. The van der Waals surface area contributed by atoms with Crippen LogP contribution in [0.3, 0.4) is 0 Å². The highest BCUT2D eigenvalue weighted by Gasteiger charge is 2.22. The van der Waals surface area contributed by atoms with Crippen LogP contribution in [0.4, 0.5) is 24.5 Å². The number of benzene rings is 2. The van der Waals surface area contributed by atoms with E-state index in [9.17, 15) is 32.9 Å². The number of para-hydroxylation sites is 2. The van der Waals surface area contributed by atoms with E-state index >= 15 is 0 Å². The van der Waals surface area contributed by atoms with Crippen LogP contribution in [0, 0.1) is 34.5 Å². The highest BCUT2D eigenvalue weighted by Crippen LogP contribution is 2.23. The molecule has 3 aromatic rings. The summed E-state index contributed by atoms with van der Waals surface area (Å²) in [6.45, 7) is 1.45. The van der Waals surface area contributed by atoms with Crippen molar-refractivity contribution in [3.63, 3.8) is 0 Å². The van der Waals surface area contributed by atoms with Crippen molar-refractivity contribution in [3.8, 4) is 5.69 Å². The predicted octanol–water partition coefficient (Wildman–Crippen LogP) is 3.12. The largest absolute Gasteiger partial charge is 0.318 e. The summed E-state index contributed by atoms with van der Waals surface area (Å²) in [6.07, 6.45) is 0. The summed E-state index contributed by atoms with van der Waals surface area (Å²) in [5.41, 5.74) is -2.42. The molecule has 1 aromatic heterocycles. The third-order valence-electron chi connectivity index (χ3n) is 3.91. The van der Waals surface area contributed by atoms with E-state index in [1.807, 2.05) is 5.32 Å². The standard InChI is InChI=1S/C18H11F3N4O4/c1-9-8-14(26)17(18(27)22-11-7-6-10(19)15(20)16(11)21)23-24(9)12-4-2-3-5-13(12)25(28)29/h2-8H,1H3,(H,22,27). The molecule has 0 bridgehead atoms. The van der Waals surface area contributed by atoms with E-state index < -0.39 is 45.1 Å². The SMILES string of the molecule is Cc1cc(=O)c(C(=O)Nc2ccc(F)c(F)c2F)nn1-c1ccccc1[N+](=O)[O-]. The van der Waals surface area contributed by atoms with Gasteiger partial charge in [-0.2, -0.15) is 5.10 Å². The van der Waals surface area contributed by atoms with Crippen molar-refractivity contribution >= 4 is 17.3 Å². The van der Waals surface area contributed by atoms with Crippen molar-refractivity contribution in [2.45, 2.75) is 6.92 Å². The van der Waals surface area contributed by atoms with Gasteiger partial charge in [-0.15, -0.1) is 0 Å². The molecular weight excluding hydrogens is 393 g/mol. The Kier molecular flexibility index (Phi) is 5.13. The molecule has 0 unspecified atom stereocenters. The Labute approximate surface area is 160 Å². The Morgan fingerprint density at radius 3 is 2.52 bits per heavy atom. The fourth-order valence-corrected chi connectivity index (χ4v) is 2.55.